The lowest BCUT2D eigenvalue weighted by atomic mass is 9.64. The standard InChI is InChI=1S/C12H19BrN4O/c1-11(2,18)6-17-10(14-9(13)15-17)16-7-12(8-16)4-3-5-12/h18H,3-8H2,1-2H3. The van der Waals surface area contributed by atoms with Gasteiger partial charge in [-0.15, -0.1) is 5.10 Å². The molecule has 0 radical (unpaired) electrons. The number of aliphatic hydroxyl groups is 1. The molecular weight excluding hydrogens is 296 g/mol. The number of rotatable bonds is 3. The van der Waals surface area contributed by atoms with Crippen LogP contribution in [-0.4, -0.2) is 38.6 Å². The molecule has 0 unspecified atom stereocenters. The maximum absolute atomic E-state index is 9.91. The molecule has 2 fully saturated rings. The minimum atomic E-state index is -0.777. The molecule has 0 atom stereocenters. The molecule has 1 aliphatic carbocycles. The van der Waals surface area contributed by atoms with Crippen molar-refractivity contribution >= 4 is 21.9 Å². The van der Waals surface area contributed by atoms with Crippen molar-refractivity contribution in [1.29, 1.82) is 0 Å². The van der Waals surface area contributed by atoms with Gasteiger partial charge in [0, 0.05) is 18.5 Å². The van der Waals surface area contributed by atoms with Crippen LogP contribution in [0.15, 0.2) is 4.73 Å². The molecule has 1 N–H and O–H groups in total. The summed E-state index contributed by atoms with van der Waals surface area (Å²) < 4.78 is 2.40. The van der Waals surface area contributed by atoms with E-state index in [0.717, 1.165) is 19.0 Å². The van der Waals surface area contributed by atoms with E-state index in [-0.39, 0.29) is 0 Å². The van der Waals surface area contributed by atoms with E-state index >= 15 is 0 Å². The van der Waals surface area contributed by atoms with Crippen LogP contribution in [0.25, 0.3) is 0 Å². The van der Waals surface area contributed by atoms with E-state index in [1.807, 2.05) is 0 Å². The summed E-state index contributed by atoms with van der Waals surface area (Å²) >= 11 is 3.32. The molecule has 100 valence electrons. The molecule has 0 bridgehead atoms. The maximum atomic E-state index is 9.91. The summed E-state index contributed by atoms with van der Waals surface area (Å²) in [6.07, 6.45) is 4.07. The Morgan fingerprint density at radius 2 is 2.06 bits per heavy atom. The third-order valence-electron chi connectivity index (χ3n) is 3.91. The lowest BCUT2D eigenvalue weighted by molar-refractivity contribution is 0.0552. The third-order valence-corrected chi connectivity index (χ3v) is 4.25. The van der Waals surface area contributed by atoms with Gasteiger partial charge >= 0.3 is 0 Å². The fourth-order valence-corrected chi connectivity index (χ4v) is 3.26. The Morgan fingerprint density at radius 1 is 1.39 bits per heavy atom. The van der Waals surface area contributed by atoms with Crippen molar-refractivity contribution in [2.75, 3.05) is 18.0 Å². The van der Waals surface area contributed by atoms with Gasteiger partial charge in [-0.1, -0.05) is 6.42 Å². The van der Waals surface area contributed by atoms with Gasteiger partial charge in [0.1, 0.15) is 0 Å². The van der Waals surface area contributed by atoms with Crippen LogP contribution >= 0.6 is 15.9 Å². The van der Waals surface area contributed by atoms with Gasteiger partial charge in [0.25, 0.3) is 0 Å². The summed E-state index contributed by atoms with van der Waals surface area (Å²) in [5.41, 5.74) is -0.209. The van der Waals surface area contributed by atoms with Crippen molar-refractivity contribution in [2.24, 2.45) is 5.41 Å². The number of anilines is 1. The van der Waals surface area contributed by atoms with Crippen LogP contribution in [0.4, 0.5) is 5.95 Å². The first-order chi connectivity index (χ1) is 8.37. The molecule has 1 saturated carbocycles. The fourth-order valence-electron chi connectivity index (χ4n) is 2.91. The van der Waals surface area contributed by atoms with Crippen LogP contribution < -0.4 is 4.90 Å². The topological polar surface area (TPSA) is 54.2 Å². The lowest BCUT2D eigenvalue weighted by Gasteiger charge is -2.56. The van der Waals surface area contributed by atoms with Crippen molar-refractivity contribution in [3.8, 4) is 0 Å². The minimum Gasteiger partial charge on any atom is -0.389 e. The quantitative estimate of drug-likeness (QED) is 0.924. The molecule has 0 amide bonds. The fraction of sp³-hybridized carbons (Fsp3) is 0.833. The van der Waals surface area contributed by atoms with Gasteiger partial charge in [-0.2, -0.15) is 4.98 Å². The van der Waals surface area contributed by atoms with Gasteiger partial charge in [-0.25, -0.2) is 4.68 Å². The Hall–Kier alpha value is -0.620. The number of hydrogen-bond donors (Lipinski definition) is 1. The van der Waals surface area contributed by atoms with Gasteiger partial charge < -0.3 is 10.0 Å². The van der Waals surface area contributed by atoms with E-state index in [1.165, 1.54) is 19.3 Å². The highest BCUT2D eigenvalue weighted by Gasteiger charge is 2.48. The predicted octanol–water partition coefficient (Wildman–Crippen LogP) is 1.80. The SMILES string of the molecule is CC(C)(O)Cn1nc(Br)nc1N1CC2(CCC2)C1. The van der Waals surface area contributed by atoms with E-state index in [2.05, 4.69) is 30.9 Å². The molecule has 6 heteroatoms. The molecule has 1 aromatic heterocycles. The van der Waals surface area contributed by atoms with Crippen molar-refractivity contribution in [1.82, 2.24) is 14.8 Å². The molecule has 2 heterocycles. The van der Waals surface area contributed by atoms with Crippen molar-refractivity contribution in [3.63, 3.8) is 0 Å². The highest BCUT2D eigenvalue weighted by Crippen LogP contribution is 2.49. The van der Waals surface area contributed by atoms with E-state index in [0.29, 0.717) is 16.7 Å². The predicted molar refractivity (Wildman–Crippen MR) is 72.5 cm³/mol. The number of hydrogen-bond acceptors (Lipinski definition) is 4. The van der Waals surface area contributed by atoms with Crippen LogP contribution in [0.3, 0.4) is 0 Å². The van der Waals surface area contributed by atoms with Crippen LogP contribution in [-0.2, 0) is 6.54 Å². The summed E-state index contributed by atoms with van der Waals surface area (Å²) in [5, 5.41) is 14.2. The number of nitrogens with zero attached hydrogens (tertiary/aromatic N) is 4. The summed E-state index contributed by atoms with van der Waals surface area (Å²) in [6.45, 7) is 6.21. The van der Waals surface area contributed by atoms with Crippen LogP contribution in [0.5, 0.6) is 0 Å². The Morgan fingerprint density at radius 3 is 2.56 bits per heavy atom. The van der Waals surface area contributed by atoms with Gasteiger partial charge in [-0.05, 0) is 42.6 Å². The second kappa shape index (κ2) is 3.93. The van der Waals surface area contributed by atoms with E-state index in [9.17, 15) is 5.11 Å². The lowest BCUT2D eigenvalue weighted by Crippen LogP contribution is -2.60. The molecule has 1 saturated heterocycles. The van der Waals surface area contributed by atoms with Crippen molar-refractivity contribution < 1.29 is 5.11 Å². The summed E-state index contributed by atoms with van der Waals surface area (Å²) in [7, 11) is 0. The molecule has 0 aromatic carbocycles. The monoisotopic (exact) mass is 314 g/mol. The zero-order valence-corrected chi connectivity index (χ0v) is 12.4. The number of halogens is 1. The van der Waals surface area contributed by atoms with E-state index < -0.39 is 5.60 Å². The van der Waals surface area contributed by atoms with E-state index in [4.69, 9.17) is 0 Å². The first-order valence-corrected chi connectivity index (χ1v) is 7.24. The molecule has 1 spiro atoms. The maximum Gasteiger partial charge on any atom is 0.224 e. The molecule has 2 aliphatic rings. The highest BCUT2D eigenvalue weighted by molar-refractivity contribution is 9.10. The van der Waals surface area contributed by atoms with Gasteiger partial charge in [0.2, 0.25) is 10.7 Å². The Balaban J connectivity index is 1.75. The van der Waals surface area contributed by atoms with E-state index in [1.54, 1.807) is 18.5 Å². The third kappa shape index (κ3) is 2.16. The molecule has 3 rings (SSSR count). The minimum absolute atomic E-state index is 0.463. The second-order valence-electron chi connectivity index (χ2n) is 6.36. The van der Waals surface area contributed by atoms with Crippen molar-refractivity contribution in [2.45, 2.75) is 45.3 Å². The van der Waals surface area contributed by atoms with Gasteiger partial charge in [0.15, 0.2) is 0 Å². The van der Waals surface area contributed by atoms with Crippen LogP contribution in [0.2, 0.25) is 0 Å². The Kier molecular flexibility index (Phi) is 2.71. The highest BCUT2D eigenvalue weighted by atomic mass is 79.9. The van der Waals surface area contributed by atoms with Gasteiger partial charge in [-0.3, -0.25) is 0 Å². The van der Waals surface area contributed by atoms with Crippen molar-refractivity contribution in [3.05, 3.63) is 4.73 Å². The first kappa shape index (κ1) is 12.4. The molecule has 18 heavy (non-hydrogen) atoms. The zero-order valence-electron chi connectivity index (χ0n) is 10.9. The first-order valence-electron chi connectivity index (χ1n) is 6.45. The Bertz CT molecular complexity index is 453. The average molecular weight is 315 g/mol. The summed E-state index contributed by atoms with van der Waals surface area (Å²) in [6, 6.07) is 0. The molecule has 1 aromatic rings. The van der Waals surface area contributed by atoms with Gasteiger partial charge in [0.05, 0.1) is 12.1 Å². The van der Waals surface area contributed by atoms with Crippen LogP contribution in [0.1, 0.15) is 33.1 Å². The average Bonchev–Trinajstić information content (AvgIpc) is 2.38. The molecular formula is C12H19BrN4O. The largest absolute Gasteiger partial charge is 0.389 e. The normalized spacial score (nSPS) is 21.9. The second-order valence-corrected chi connectivity index (χ2v) is 7.07. The Labute approximate surface area is 115 Å². The van der Waals surface area contributed by atoms with Crippen LogP contribution in [0, 0.1) is 5.41 Å². The molecule has 5 nitrogen and oxygen atoms in total. The zero-order chi connectivity index (χ0) is 13.0. The summed E-state index contributed by atoms with van der Waals surface area (Å²) in [5.74, 6) is 0.876. The number of aromatic nitrogens is 3. The summed E-state index contributed by atoms with van der Waals surface area (Å²) in [4.78, 5) is 6.69. The smallest absolute Gasteiger partial charge is 0.224 e. The molecule has 1 aliphatic heterocycles.